The molecule has 0 aliphatic carbocycles. The van der Waals surface area contributed by atoms with Gasteiger partial charge < -0.3 is 24.0 Å². The van der Waals surface area contributed by atoms with Gasteiger partial charge in [-0.3, -0.25) is 16.0 Å². The number of hydrogen-bond acceptors (Lipinski definition) is 0. The van der Waals surface area contributed by atoms with Crippen molar-refractivity contribution in [3.05, 3.63) is 0 Å². The van der Waals surface area contributed by atoms with E-state index < -0.39 is 0 Å². The summed E-state index contributed by atoms with van der Waals surface area (Å²) in [6, 6.07) is 0. The molecule has 4 heteroatoms. The van der Waals surface area contributed by atoms with E-state index in [4.69, 9.17) is 11.5 Å². The van der Waals surface area contributed by atoms with Gasteiger partial charge in [0.25, 0.3) is 0 Å². The smallest absolute Gasteiger partial charge is 0.340 e. The van der Waals surface area contributed by atoms with Gasteiger partial charge in [-0.25, -0.2) is 0 Å². The lowest BCUT2D eigenvalue weighted by atomic mass is 10.9. The Kier molecular flexibility index (Phi) is 6.00. The summed E-state index contributed by atoms with van der Waals surface area (Å²) in [5, 5.41) is 0. The van der Waals surface area contributed by atoms with Crippen LogP contribution >= 0.6 is 0 Å². The van der Waals surface area contributed by atoms with Crippen LogP contribution < -0.4 is 35.4 Å². The molecule has 0 amide bonds. The van der Waals surface area contributed by atoms with Crippen LogP contribution in [0.15, 0.2) is 0 Å². The van der Waals surface area contributed by atoms with Crippen LogP contribution in [-0.2, 0) is 0 Å². The second-order valence-corrected chi connectivity index (χ2v) is 1.32. The highest BCUT2D eigenvalue weighted by Crippen LogP contribution is 1.44. The van der Waals surface area contributed by atoms with Gasteiger partial charge in [0.15, 0.2) is 0 Å². The normalized spacial score (nSPS) is 6.57. The number of nitrogens with two attached hydrogens (primary N) is 2. The van der Waals surface area contributed by atoms with Crippen molar-refractivity contribution in [2.24, 2.45) is 11.5 Å². The lowest BCUT2D eigenvalue weighted by Crippen LogP contribution is -3.00. The molecule has 44 valence electrons. The fraction of sp³-hybridized carbons (Fsp3) is 0.667. The van der Waals surface area contributed by atoms with Gasteiger partial charge in [-0.05, 0) is 0 Å². The molecule has 3 nitrogen and oxygen atoms in total. The van der Waals surface area contributed by atoms with Crippen molar-refractivity contribution < 1.29 is 28.6 Å². The summed E-state index contributed by atoms with van der Waals surface area (Å²) in [5.74, 6) is 0.343. The molecule has 7 heavy (non-hydrogen) atoms. The molecular weight excluding hydrogens is 205 g/mol. The van der Waals surface area contributed by atoms with E-state index in [9.17, 15) is 0 Å². The number of nitrogens with zero attached hydrogens (tertiary/aromatic N) is 1. The second-order valence-electron chi connectivity index (χ2n) is 1.32. The molecule has 0 aromatic carbocycles. The van der Waals surface area contributed by atoms with Crippen LogP contribution in [0.5, 0.6) is 0 Å². The Morgan fingerprint density at radius 1 is 1.29 bits per heavy atom. The van der Waals surface area contributed by atoms with Crippen molar-refractivity contribution in [1.29, 1.82) is 0 Å². The largest absolute Gasteiger partial charge is 1.00 e. The zero-order chi connectivity index (χ0) is 5.15. The van der Waals surface area contributed by atoms with Gasteiger partial charge in [0, 0.05) is 0 Å². The van der Waals surface area contributed by atoms with Gasteiger partial charge >= 0.3 is 5.96 Å². The van der Waals surface area contributed by atoms with Crippen molar-refractivity contribution in [3.63, 3.8) is 0 Å². The summed E-state index contributed by atoms with van der Waals surface area (Å²) in [6.45, 7) is 0. The lowest BCUT2D eigenvalue weighted by Gasteiger charge is -1.86. The topological polar surface area (TPSA) is 55.0 Å². The van der Waals surface area contributed by atoms with Crippen LogP contribution in [0, 0.1) is 0 Å². The first-order valence-electron chi connectivity index (χ1n) is 1.70. The third-order valence-corrected chi connectivity index (χ3v) is 0.516. The van der Waals surface area contributed by atoms with Gasteiger partial charge in [-0.2, -0.15) is 0 Å². The maximum atomic E-state index is 5.06. The van der Waals surface area contributed by atoms with E-state index in [1.54, 1.807) is 18.7 Å². The molecule has 0 spiro atoms. The summed E-state index contributed by atoms with van der Waals surface area (Å²) in [7, 11) is 3.57. The average Bonchev–Trinajstić information content (AvgIpc) is 1.36. The number of hydrogen-bond donors (Lipinski definition) is 2. The molecule has 0 bridgehead atoms. The minimum atomic E-state index is 0. The molecule has 0 radical (unpaired) electrons. The molecule has 0 saturated heterocycles. The van der Waals surface area contributed by atoms with E-state index in [1.165, 1.54) is 0 Å². The summed E-state index contributed by atoms with van der Waals surface area (Å²) >= 11 is 0. The Labute approximate surface area is 60.4 Å². The van der Waals surface area contributed by atoms with Crippen LogP contribution in [0.3, 0.4) is 0 Å². The summed E-state index contributed by atoms with van der Waals surface area (Å²) in [6.07, 6.45) is 0. The minimum absolute atomic E-state index is 0. The predicted molar refractivity (Wildman–Crippen MR) is 25.5 cm³/mol. The van der Waals surface area contributed by atoms with Gasteiger partial charge in [-0.1, -0.05) is 0 Å². The van der Waals surface area contributed by atoms with Crippen LogP contribution in [-0.4, -0.2) is 24.6 Å². The Hall–Kier alpha value is 0. The third kappa shape index (κ3) is 6.00. The van der Waals surface area contributed by atoms with Gasteiger partial charge in [0.05, 0.1) is 14.1 Å². The van der Waals surface area contributed by atoms with Crippen molar-refractivity contribution in [1.82, 2.24) is 0 Å². The molecule has 0 heterocycles. The highest BCUT2D eigenvalue weighted by atomic mass is 127. The Bertz CT molecular complexity index is 60.2. The lowest BCUT2D eigenvalue weighted by molar-refractivity contribution is -0.466. The summed E-state index contributed by atoms with van der Waals surface area (Å²) in [4.78, 5) is 0. The van der Waals surface area contributed by atoms with E-state index in [1.807, 2.05) is 0 Å². The first kappa shape index (κ1) is 10.1. The van der Waals surface area contributed by atoms with Gasteiger partial charge in [-0.15, -0.1) is 0 Å². The molecule has 0 aromatic heterocycles. The van der Waals surface area contributed by atoms with Crippen molar-refractivity contribution in [3.8, 4) is 0 Å². The summed E-state index contributed by atoms with van der Waals surface area (Å²) in [5.41, 5.74) is 10.1. The highest BCUT2D eigenvalue weighted by molar-refractivity contribution is 5.70. The number of guanidine groups is 1. The Morgan fingerprint density at radius 3 is 1.43 bits per heavy atom. The SMILES string of the molecule is C[N+](C)=C(N)N.[I-]. The highest BCUT2D eigenvalue weighted by Gasteiger charge is 1.82. The van der Waals surface area contributed by atoms with E-state index in [0.717, 1.165) is 0 Å². The summed E-state index contributed by atoms with van der Waals surface area (Å²) < 4.78 is 1.64. The van der Waals surface area contributed by atoms with E-state index >= 15 is 0 Å². The minimum Gasteiger partial charge on any atom is -1.00 e. The Morgan fingerprint density at radius 2 is 1.43 bits per heavy atom. The standard InChI is InChI=1S/C3H9N3.HI/c1-6(2)3(4)5;/h1-2H3,(H3,4,5);1H. The molecule has 0 aromatic rings. The number of halogens is 1. The molecule has 4 N–H and O–H groups in total. The van der Waals surface area contributed by atoms with Gasteiger partial charge in [0.1, 0.15) is 0 Å². The molecule has 0 saturated carbocycles. The van der Waals surface area contributed by atoms with E-state index in [-0.39, 0.29) is 24.0 Å². The fourth-order valence-electron chi connectivity index (χ4n) is 0. The molecule has 0 aliphatic rings. The van der Waals surface area contributed by atoms with E-state index in [2.05, 4.69) is 0 Å². The molecule has 0 rings (SSSR count). The second kappa shape index (κ2) is 4.17. The first-order valence-corrected chi connectivity index (χ1v) is 1.70. The molecule has 0 fully saturated rings. The fourth-order valence-corrected chi connectivity index (χ4v) is 0. The van der Waals surface area contributed by atoms with Crippen LogP contribution in [0.2, 0.25) is 0 Å². The zero-order valence-electron chi connectivity index (χ0n) is 4.48. The molecular formula is C3H10IN3. The van der Waals surface area contributed by atoms with Crippen LogP contribution in [0.1, 0.15) is 0 Å². The Balaban J connectivity index is 0. The van der Waals surface area contributed by atoms with Crippen molar-refractivity contribution in [2.75, 3.05) is 14.1 Å². The quantitative estimate of drug-likeness (QED) is 0.185. The zero-order valence-corrected chi connectivity index (χ0v) is 6.64. The van der Waals surface area contributed by atoms with Crippen molar-refractivity contribution in [2.45, 2.75) is 0 Å². The van der Waals surface area contributed by atoms with Gasteiger partial charge in [0.2, 0.25) is 0 Å². The van der Waals surface area contributed by atoms with Crippen LogP contribution in [0.4, 0.5) is 0 Å². The molecule has 0 aliphatic heterocycles. The average molecular weight is 215 g/mol. The van der Waals surface area contributed by atoms with E-state index in [0.29, 0.717) is 5.96 Å². The molecule has 0 atom stereocenters. The monoisotopic (exact) mass is 215 g/mol. The van der Waals surface area contributed by atoms with Crippen molar-refractivity contribution >= 4 is 5.96 Å². The first-order chi connectivity index (χ1) is 2.64. The molecule has 0 unspecified atom stereocenters. The maximum Gasteiger partial charge on any atom is 0.340 e. The van der Waals surface area contributed by atoms with Crippen LogP contribution in [0.25, 0.3) is 0 Å². The maximum absolute atomic E-state index is 5.06. The predicted octanol–water partition coefficient (Wildman–Crippen LogP) is -4.46. The third-order valence-electron chi connectivity index (χ3n) is 0.516. The number of rotatable bonds is 0.